The predicted octanol–water partition coefficient (Wildman–Crippen LogP) is 10.1. The van der Waals surface area contributed by atoms with Gasteiger partial charge in [0.15, 0.2) is 0 Å². The van der Waals surface area contributed by atoms with Gasteiger partial charge in [0.2, 0.25) is 5.91 Å². The zero-order valence-corrected chi connectivity index (χ0v) is 26.9. The van der Waals surface area contributed by atoms with Crippen molar-refractivity contribution in [3.63, 3.8) is 0 Å². The predicted molar refractivity (Wildman–Crippen MR) is 175 cm³/mol. The Balaban J connectivity index is 3.64. The summed E-state index contributed by atoms with van der Waals surface area (Å²) in [5.74, 6) is -0.0745. The Kier molecular flexibility index (Phi) is 31.5. The van der Waals surface area contributed by atoms with Gasteiger partial charge < -0.3 is 15.5 Å². The number of carbonyl (C=O) groups excluding carboxylic acids is 1. The molecule has 0 saturated carbocycles. The maximum atomic E-state index is 12.3. The summed E-state index contributed by atoms with van der Waals surface area (Å²) in [5, 5.41) is 22.8. The lowest BCUT2D eigenvalue weighted by atomic mass is 10.0. The van der Waals surface area contributed by atoms with E-state index in [1.165, 1.54) is 128 Å². The van der Waals surface area contributed by atoms with E-state index in [0.29, 0.717) is 6.42 Å². The first-order valence-electron chi connectivity index (χ1n) is 17.6. The molecule has 0 saturated heterocycles. The number of amides is 1. The number of aliphatic hydroxyl groups is 2. The maximum Gasteiger partial charge on any atom is 0.220 e. The van der Waals surface area contributed by atoms with E-state index in [1.54, 1.807) is 6.08 Å². The van der Waals surface area contributed by atoms with Crippen molar-refractivity contribution in [1.29, 1.82) is 0 Å². The lowest BCUT2D eigenvalue weighted by Crippen LogP contribution is -2.45. The quantitative estimate of drug-likeness (QED) is 0.0580. The van der Waals surface area contributed by atoms with Crippen LogP contribution in [0, 0.1) is 0 Å². The molecule has 0 aliphatic rings. The molecule has 0 heterocycles. The molecule has 0 spiro atoms. The van der Waals surface area contributed by atoms with Crippen LogP contribution in [0.2, 0.25) is 0 Å². The Morgan fingerprint density at radius 1 is 0.575 bits per heavy atom. The minimum absolute atomic E-state index is 0.0745. The summed E-state index contributed by atoms with van der Waals surface area (Å²) in [7, 11) is 0. The molecule has 4 nitrogen and oxygen atoms in total. The first kappa shape index (κ1) is 38.9. The summed E-state index contributed by atoms with van der Waals surface area (Å²) >= 11 is 0. The average Bonchev–Trinajstić information content (AvgIpc) is 2.96. The lowest BCUT2D eigenvalue weighted by Gasteiger charge is -2.19. The summed E-state index contributed by atoms with van der Waals surface area (Å²) in [4.78, 5) is 12.3. The molecule has 0 radical (unpaired) electrons. The molecule has 0 aromatic rings. The summed E-state index contributed by atoms with van der Waals surface area (Å²) in [6, 6.07) is -0.631. The molecule has 236 valence electrons. The normalized spacial score (nSPS) is 13.4. The molecular formula is C36H69NO3. The summed E-state index contributed by atoms with van der Waals surface area (Å²) in [6.07, 6.45) is 39.7. The van der Waals surface area contributed by atoms with Crippen molar-refractivity contribution in [3.05, 3.63) is 24.3 Å². The largest absolute Gasteiger partial charge is 0.394 e. The fraction of sp³-hybridized carbons (Fsp3) is 0.861. The van der Waals surface area contributed by atoms with E-state index < -0.39 is 12.1 Å². The van der Waals surface area contributed by atoms with Crippen LogP contribution in [0.15, 0.2) is 24.3 Å². The molecule has 0 aromatic carbocycles. The van der Waals surface area contributed by atoms with Crippen molar-refractivity contribution in [2.75, 3.05) is 6.61 Å². The van der Waals surface area contributed by atoms with Crippen molar-refractivity contribution in [3.8, 4) is 0 Å². The third-order valence-electron chi connectivity index (χ3n) is 7.94. The second kappa shape index (κ2) is 32.4. The number of allylic oxidation sites excluding steroid dienone is 3. The number of hydrogen-bond donors (Lipinski definition) is 3. The zero-order chi connectivity index (χ0) is 29.4. The minimum Gasteiger partial charge on any atom is -0.394 e. The van der Waals surface area contributed by atoms with E-state index in [2.05, 4.69) is 31.3 Å². The van der Waals surface area contributed by atoms with Gasteiger partial charge in [0.1, 0.15) is 0 Å². The standard InChI is InChI=1S/C36H69NO3/c1-3-5-7-9-11-13-15-17-18-19-20-22-24-26-28-30-32-36(40)37-34(33-38)35(39)31-29-27-25-23-21-16-14-12-10-8-6-4-2/h21,23,29,31,34-35,38-39H,3-20,22,24-28,30,32-33H2,1-2H3,(H,37,40)/b23-21+,31-29+/t34-,35+/m0/s1. The molecule has 40 heavy (non-hydrogen) atoms. The number of unbranched alkanes of at least 4 members (excludes halogenated alkanes) is 22. The van der Waals surface area contributed by atoms with Crippen LogP contribution in [-0.4, -0.2) is 34.9 Å². The van der Waals surface area contributed by atoms with E-state index in [4.69, 9.17) is 0 Å². The van der Waals surface area contributed by atoms with E-state index >= 15 is 0 Å². The Morgan fingerprint density at radius 3 is 1.45 bits per heavy atom. The molecule has 0 fully saturated rings. The average molecular weight is 564 g/mol. The molecule has 2 atom stereocenters. The topological polar surface area (TPSA) is 69.6 Å². The third-order valence-corrected chi connectivity index (χ3v) is 7.94. The Labute approximate surface area is 249 Å². The van der Waals surface area contributed by atoms with E-state index in [-0.39, 0.29) is 12.5 Å². The van der Waals surface area contributed by atoms with E-state index in [9.17, 15) is 15.0 Å². The molecule has 0 bridgehead atoms. The fourth-order valence-corrected chi connectivity index (χ4v) is 5.19. The number of hydrogen-bond acceptors (Lipinski definition) is 3. The number of nitrogens with one attached hydrogen (secondary N) is 1. The molecule has 1 amide bonds. The van der Waals surface area contributed by atoms with Gasteiger partial charge in [-0.25, -0.2) is 0 Å². The Bertz CT molecular complexity index is 574. The lowest BCUT2D eigenvalue weighted by molar-refractivity contribution is -0.123. The summed E-state index contributed by atoms with van der Waals surface area (Å²) in [6.45, 7) is 4.27. The summed E-state index contributed by atoms with van der Waals surface area (Å²) < 4.78 is 0. The monoisotopic (exact) mass is 564 g/mol. The molecule has 0 aliphatic carbocycles. The van der Waals surface area contributed by atoms with Crippen LogP contribution >= 0.6 is 0 Å². The molecule has 0 aromatic heterocycles. The second-order valence-electron chi connectivity index (χ2n) is 11.9. The van der Waals surface area contributed by atoms with Crippen molar-refractivity contribution in [2.45, 2.75) is 193 Å². The second-order valence-corrected chi connectivity index (χ2v) is 11.9. The van der Waals surface area contributed by atoms with Gasteiger partial charge in [0.05, 0.1) is 18.8 Å². The highest BCUT2D eigenvalue weighted by molar-refractivity contribution is 5.76. The van der Waals surface area contributed by atoms with Crippen LogP contribution in [0.1, 0.15) is 181 Å². The zero-order valence-electron chi connectivity index (χ0n) is 26.9. The molecule has 4 heteroatoms. The van der Waals surface area contributed by atoms with Crippen molar-refractivity contribution >= 4 is 5.91 Å². The molecule has 0 unspecified atom stereocenters. The van der Waals surface area contributed by atoms with Crippen LogP contribution < -0.4 is 5.32 Å². The number of aliphatic hydroxyl groups excluding tert-OH is 2. The van der Waals surface area contributed by atoms with Gasteiger partial charge >= 0.3 is 0 Å². The highest BCUT2D eigenvalue weighted by atomic mass is 16.3. The first-order valence-corrected chi connectivity index (χ1v) is 17.6. The molecule has 3 N–H and O–H groups in total. The minimum atomic E-state index is -0.855. The van der Waals surface area contributed by atoms with Gasteiger partial charge in [-0.05, 0) is 32.1 Å². The van der Waals surface area contributed by atoms with E-state index in [0.717, 1.165) is 32.1 Å². The smallest absolute Gasteiger partial charge is 0.220 e. The molecular weight excluding hydrogens is 494 g/mol. The van der Waals surface area contributed by atoms with Gasteiger partial charge in [-0.1, -0.05) is 167 Å². The number of rotatable bonds is 31. The highest BCUT2D eigenvalue weighted by Crippen LogP contribution is 2.14. The van der Waals surface area contributed by atoms with Crippen molar-refractivity contribution in [1.82, 2.24) is 5.32 Å². The van der Waals surface area contributed by atoms with Gasteiger partial charge in [-0.3, -0.25) is 4.79 Å². The number of carbonyl (C=O) groups is 1. The molecule has 0 rings (SSSR count). The SMILES string of the molecule is CCCCCCCC/C=C/CC/C=C/[C@@H](O)[C@H](CO)NC(=O)CCCCCCCCCCCCCCCCCC. The first-order chi connectivity index (χ1) is 19.7. The van der Waals surface area contributed by atoms with Crippen molar-refractivity contribution in [2.24, 2.45) is 0 Å². The Morgan fingerprint density at radius 2 is 0.975 bits per heavy atom. The highest BCUT2D eigenvalue weighted by Gasteiger charge is 2.17. The van der Waals surface area contributed by atoms with Gasteiger partial charge in [0, 0.05) is 6.42 Å². The van der Waals surface area contributed by atoms with Gasteiger partial charge in [-0.15, -0.1) is 0 Å². The molecule has 0 aliphatic heterocycles. The van der Waals surface area contributed by atoms with Crippen molar-refractivity contribution < 1.29 is 15.0 Å². The summed E-state index contributed by atoms with van der Waals surface area (Å²) in [5.41, 5.74) is 0. The maximum absolute atomic E-state index is 12.3. The van der Waals surface area contributed by atoms with Crippen LogP contribution in [0.3, 0.4) is 0 Å². The van der Waals surface area contributed by atoms with Crippen LogP contribution in [-0.2, 0) is 4.79 Å². The fourth-order valence-electron chi connectivity index (χ4n) is 5.19. The van der Waals surface area contributed by atoms with Gasteiger partial charge in [-0.2, -0.15) is 0 Å². The third kappa shape index (κ3) is 28.4. The van der Waals surface area contributed by atoms with Crippen LogP contribution in [0.25, 0.3) is 0 Å². The van der Waals surface area contributed by atoms with Crippen LogP contribution in [0.4, 0.5) is 0 Å². The van der Waals surface area contributed by atoms with Crippen LogP contribution in [0.5, 0.6) is 0 Å². The van der Waals surface area contributed by atoms with Gasteiger partial charge in [0.25, 0.3) is 0 Å². The Hall–Kier alpha value is -1.13. The van der Waals surface area contributed by atoms with E-state index in [1.807, 2.05) is 6.08 Å².